The van der Waals surface area contributed by atoms with Crippen LogP contribution in [-0.4, -0.2) is 18.6 Å². The molecule has 0 saturated carbocycles. The van der Waals surface area contributed by atoms with Gasteiger partial charge < -0.3 is 0 Å². The molecule has 0 aromatic rings. The molecule has 0 spiro atoms. The molecule has 11 heavy (non-hydrogen) atoms. The summed E-state index contributed by atoms with van der Waals surface area (Å²) in [6.07, 6.45) is 6.36. The molecule has 0 rings (SSSR count). The van der Waals surface area contributed by atoms with Crippen molar-refractivity contribution in [1.82, 2.24) is 0 Å². The molecule has 64 valence electrons. The van der Waals surface area contributed by atoms with Crippen LogP contribution in [0.1, 0.15) is 33.6 Å². The van der Waals surface area contributed by atoms with Crippen LogP contribution < -0.4 is 0 Å². The summed E-state index contributed by atoms with van der Waals surface area (Å²) < 4.78 is 0. The third-order valence-electron chi connectivity index (χ3n) is 1.53. The van der Waals surface area contributed by atoms with E-state index >= 15 is 0 Å². The van der Waals surface area contributed by atoms with Crippen molar-refractivity contribution >= 4 is 13.3 Å². The summed E-state index contributed by atoms with van der Waals surface area (Å²) in [5.41, 5.74) is 1.41. The highest BCUT2D eigenvalue weighted by atomic mass is 31.1. The van der Waals surface area contributed by atoms with Crippen LogP contribution in [0.3, 0.4) is 0 Å². The highest BCUT2D eigenvalue weighted by molar-refractivity contribution is 7.56. The smallest absolute Gasteiger partial charge is 0.0727 e. The minimum atomic E-state index is 0.180. The topological polar surface area (TPSA) is 0 Å². The van der Waals surface area contributed by atoms with Crippen LogP contribution in [0.5, 0.6) is 0 Å². The average molecular weight is 171 g/mol. The zero-order valence-corrected chi connectivity index (χ0v) is 9.12. The van der Waals surface area contributed by atoms with E-state index < -0.39 is 0 Å². The quantitative estimate of drug-likeness (QED) is 0.566. The number of rotatable bonds is 4. The molecular weight excluding hydrogens is 151 g/mol. The Balaban J connectivity index is 3.72. The van der Waals surface area contributed by atoms with Crippen molar-refractivity contribution in [2.45, 2.75) is 33.6 Å². The number of unbranched alkanes of at least 4 members (excludes halogenated alkanes) is 1. The monoisotopic (exact) mass is 171 g/mol. The minimum Gasteiger partial charge on any atom is -0.0727 e. The van der Waals surface area contributed by atoms with E-state index in [-0.39, 0.29) is 7.55 Å². The molecule has 0 radical (unpaired) electrons. The van der Waals surface area contributed by atoms with Crippen molar-refractivity contribution in [3.63, 3.8) is 0 Å². The van der Waals surface area contributed by atoms with E-state index in [9.17, 15) is 0 Å². The summed E-state index contributed by atoms with van der Waals surface area (Å²) >= 11 is 0. The predicted octanol–water partition coefficient (Wildman–Crippen LogP) is 3.67. The van der Waals surface area contributed by atoms with Crippen molar-refractivity contribution in [2.75, 3.05) is 12.8 Å². The molecule has 0 aliphatic heterocycles. The molecule has 0 aliphatic rings. The second-order valence-corrected chi connectivity index (χ2v) is 5.49. The fourth-order valence-corrected chi connectivity index (χ4v) is 2.28. The Morgan fingerprint density at radius 1 is 1.36 bits per heavy atom. The Hall–Kier alpha value is -0.0900. The van der Waals surface area contributed by atoms with Crippen LogP contribution in [0.25, 0.3) is 0 Å². The van der Waals surface area contributed by atoms with Gasteiger partial charge in [-0.15, -0.1) is 0 Å². The van der Waals surface area contributed by atoms with Crippen molar-refractivity contribution < 1.29 is 0 Å². The lowest BCUT2D eigenvalue weighted by Gasteiger charge is -1.86. The summed E-state index contributed by atoms with van der Waals surface area (Å²) in [5, 5.41) is 0. The third-order valence-corrected chi connectivity index (χ3v) is 3.21. The number of allylic oxidation sites excluding steroid dienone is 2. The third kappa shape index (κ3) is 7.81. The van der Waals surface area contributed by atoms with Crippen molar-refractivity contribution in [1.29, 1.82) is 0 Å². The average Bonchev–Trinajstić information content (AvgIpc) is 1.97. The lowest BCUT2D eigenvalue weighted by molar-refractivity contribution is 0.894. The molecule has 1 atom stereocenters. The molecule has 0 amide bonds. The first kappa shape index (κ1) is 10.9. The van der Waals surface area contributed by atoms with Gasteiger partial charge in [-0.2, -0.15) is 0 Å². The molecule has 1 unspecified atom stereocenters. The number of hydrogen-bond donors (Lipinski definition) is 0. The van der Waals surface area contributed by atoms with Gasteiger partial charge in [-0.05, 0) is 26.3 Å². The zero-order chi connectivity index (χ0) is 8.69. The summed E-state index contributed by atoms with van der Waals surface area (Å²) in [5.74, 6) is 2.38. The van der Waals surface area contributed by atoms with Gasteiger partial charge in [0.25, 0.3) is 0 Å². The largest absolute Gasteiger partial charge is 0.107 e. The van der Waals surface area contributed by atoms with Crippen LogP contribution >= 0.6 is 7.55 Å². The van der Waals surface area contributed by atoms with Gasteiger partial charge in [-0.1, -0.05) is 18.9 Å². The maximum absolute atomic E-state index is 2.38. The van der Waals surface area contributed by atoms with Crippen molar-refractivity contribution in [3.05, 3.63) is 11.6 Å². The van der Waals surface area contributed by atoms with E-state index in [2.05, 4.69) is 39.3 Å². The van der Waals surface area contributed by atoms with Crippen LogP contribution in [0.15, 0.2) is 11.6 Å². The van der Waals surface area contributed by atoms with E-state index in [0.717, 1.165) is 0 Å². The molecule has 1 heteroatoms. The Morgan fingerprint density at radius 3 is 2.45 bits per heavy atom. The van der Waals surface area contributed by atoms with Gasteiger partial charge in [0.15, 0.2) is 0 Å². The molecule has 0 nitrogen and oxygen atoms in total. The van der Waals surface area contributed by atoms with Crippen molar-refractivity contribution in [2.24, 2.45) is 0 Å². The molecule has 0 aromatic heterocycles. The molecule has 0 N–H and O–H groups in total. The highest BCUT2D eigenvalue weighted by Gasteiger charge is 1.97. The summed E-state index contributed by atoms with van der Waals surface area (Å²) in [7, 11) is 0.180. The van der Waals surface area contributed by atoms with E-state index in [4.69, 9.17) is 0 Å². The second kappa shape index (κ2) is 6.61. The van der Waals surface area contributed by atoms with Crippen LogP contribution in [0.4, 0.5) is 0 Å². The first-order valence-electron chi connectivity index (χ1n) is 4.35. The molecule has 0 bridgehead atoms. The zero-order valence-electron chi connectivity index (χ0n) is 8.22. The van der Waals surface area contributed by atoms with Gasteiger partial charge in [0.1, 0.15) is 12.0 Å². The number of hydrogen-bond acceptors (Lipinski definition) is 0. The van der Waals surface area contributed by atoms with Gasteiger partial charge in [0.2, 0.25) is 0 Å². The SMILES string of the molecule is CCCC[P+](C)=CC=C(C)C. The normalized spacial score (nSPS) is 11.5. The van der Waals surface area contributed by atoms with Crippen molar-refractivity contribution in [3.8, 4) is 0 Å². The fraction of sp³-hybridized carbons (Fsp3) is 0.700. The maximum Gasteiger partial charge on any atom is 0.107 e. The summed E-state index contributed by atoms with van der Waals surface area (Å²) in [6.45, 7) is 8.91. The highest BCUT2D eigenvalue weighted by Crippen LogP contribution is 2.17. The maximum atomic E-state index is 2.38. The van der Waals surface area contributed by atoms with Gasteiger partial charge in [-0.25, -0.2) is 0 Å². The van der Waals surface area contributed by atoms with E-state index in [1.807, 2.05) is 0 Å². The Kier molecular flexibility index (Phi) is 6.56. The van der Waals surface area contributed by atoms with Gasteiger partial charge in [0.05, 0.1) is 14.2 Å². The van der Waals surface area contributed by atoms with Gasteiger partial charge >= 0.3 is 0 Å². The van der Waals surface area contributed by atoms with Crippen LogP contribution in [0, 0.1) is 0 Å². The minimum absolute atomic E-state index is 0.180. The lowest BCUT2D eigenvalue weighted by atomic mass is 10.3. The standard InChI is InChI=1S/C10H20P/c1-5-6-8-11(4)9-7-10(2)3/h7,9H,5-6,8H2,1-4H3/q+1. The Morgan fingerprint density at radius 2 is 2.00 bits per heavy atom. The van der Waals surface area contributed by atoms with E-state index in [1.165, 1.54) is 24.6 Å². The summed E-state index contributed by atoms with van der Waals surface area (Å²) in [4.78, 5) is 0. The Bertz CT molecular complexity index is 150. The Labute approximate surface area is 72.1 Å². The molecular formula is C10H20P+. The van der Waals surface area contributed by atoms with E-state index in [0.29, 0.717) is 0 Å². The molecule has 0 saturated heterocycles. The van der Waals surface area contributed by atoms with Crippen LogP contribution in [-0.2, 0) is 0 Å². The first-order chi connectivity index (χ1) is 5.16. The second-order valence-electron chi connectivity index (χ2n) is 3.23. The van der Waals surface area contributed by atoms with Crippen LogP contribution in [0.2, 0.25) is 0 Å². The fourth-order valence-electron chi connectivity index (χ4n) is 0.758. The molecule has 0 aromatic carbocycles. The molecule has 0 fully saturated rings. The van der Waals surface area contributed by atoms with Gasteiger partial charge in [-0.3, -0.25) is 0 Å². The molecule has 0 heterocycles. The first-order valence-corrected chi connectivity index (χ1v) is 6.39. The van der Waals surface area contributed by atoms with E-state index in [1.54, 1.807) is 0 Å². The molecule has 0 aliphatic carbocycles. The van der Waals surface area contributed by atoms with Gasteiger partial charge in [0, 0.05) is 0 Å². The predicted molar refractivity (Wildman–Crippen MR) is 58.1 cm³/mol. The lowest BCUT2D eigenvalue weighted by Crippen LogP contribution is -1.77. The summed E-state index contributed by atoms with van der Waals surface area (Å²) in [6, 6.07) is 0.